The molecule has 0 aliphatic carbocycles. The fourth-order valence-corrected chi connectivity index (χ4v) is 7.32. The molecule has 15 heteroatoms. The largest absolute Gasteiger partial charge is 0.497 e. The zero-order valence-corrected chi connectivity index (χ0v) is 33.9. The number of rotatable bonds is 15. The monoisotopic (exact) mass is 935 g/mol. The molecule has 1 aliphatic rings. The first-order valence-corrected chi connectivity index (χ1v) is 18.2. The van der Waals surface area contributed by atoms with Gasteiger partial charge in [0.25, 0.3) is 5.56 Å². The van der Waals surface area contributed by atoms with Gasteiger partial charge in [-0.15, -0.1) is 0 Å². The minimum Gasteiger partial charge on any atom is -0.497 e. The molecule has 0 amide bonds. The first kappa shape index (κ1) is 40.8. The van der Waals surface area contributed by atoms with Crippen LogP contribution >= 0.6 is 8.25 Å². The van der Waals surface area contributed by atoms with Gasteiger partial charge in [0.2, 0.25) is 0 Å². The molecule has 1 fully saturated rings. The van der Waals surface area contributed by atoms with Crippen molar-refractivity contribution in [3.63, 3.8) is 0 Å². The van der Waals surface area contributed by atoms with Crippen molar-refractivity contribution in [3.8, 4) is 17.2 Å². The standard InChI is InChI=1S/C39H42N3O10P.Os/c1-25-23-42(38(44)41-37(25)43)36-22-34(52-53(45)51-26(2)33-21-32(48-5)19-20-40-33)35(50-36)24-49-39(27-9-7-6-8-10-27,28-11-15-30(46-3)16-12-28)29-13-17-31(47-4)18-14-29;/h6-21,23,26,34-36,53H,22,24H2,1-5H3,(H,41,43,44);/t26-,34+,35-,36-;/m1./s1. The summed E-state index contributed by atoms with van der Waals surface area (Å²) in [4.78, 5) is 31.8. The summed E-state index contributed by atoms with van der Waals surface area (Å²) in [5, 5.41) is 0. The van der Waals surface area contributed by atoms with Crippen molar-refractivity contribution in [2.45, 2.75) is 50.4 Å². The summed E-state index contributed by atoms with van der Waals surface area (Å²) in [7, 11) is 1.59. The molecule has 1 aliphatic heterocycles. The van der Waals surface area contributed by atoms with Gasteiger partial charge < -0.3 is 32.7 Å². The topological polar surface area (TPSA) is 149 Å². The second-order valence-corrected chi connectivity index (χ2v) is 13.4. The van der Waals surface area contributed by atoms with Crippen LogP contribution in [0.25, 0.3) is 0 Å². The van der Waals surface area contributed by atoms with Gasteiger partial charge in [-0.05, 0) is 60.9 Å². The Bertz CT molecular complexity index is 2080. The van der Waals surface area contributed by atoms with Gasteiger partial charge >= 0.3 is 13.9 Å². The Kier molecular flexibility index (Phi) is 13.8. The number of nitrogens with zero attached hydrogens (tertiary/aromatic N) is 2. The number of nitrogens with one attached hydrogen (secondary N) is 1. The van der Waals surface area contributed by atoms with E-state index in [9.17, 15) is 14.2 Å². The number of hydrogen-bond donors (Lipinski definition) is 1. The quantitative estimate of drug-likeness (QED) is 0.0958. The van der Waals surface area contributed by atoms with Crippen molar-refractivity contribution < 1.29 is 57.1 Å². The van der Waals surface area contributed by atoms with Gasteiger partial charge in [-0.1, -0.05) is 54.6 Å². The number of aromatic nitrogens is 3. The molecule has 3 heterocycles. The predicted octanol–water partition coefficient (Wildman–Crippen LogP) is 6.11. The van der Waals surface area contributed by atoms with Crippen LogP contribution in [0.3, 0.4) is 0 Å². The Morgan fingerprint density at radius 3 is 2.07 bits per heavy atom. The van der Waals surface area contributed by atoms with E-state index in [0.29, 0.717) is 28.5 Å². The fraction of sp³-hybridized carbons (Fsp3) is 0.308. The average molecular weight is 934 g/mol. The molecule has 5 atom stereocenters. The molecule has 1 unspecified atom stereocenters. The van der Waals surface area contributed by atoms with E-state index in [-0.39, 0.29) is 32.8 Å². The number of aromatic amines is 1. The van der Waals surface area contributed by atoms with Gasteiger partial charge in [-0.2, -0.15) is 0 Å². The molecule has 54 heavy (non-hydrogen) atoms. The molecule has 0 spiro atoms. The van der Waals surface area contributed by atoms with Gasteiger partial charge in [0, 0.05) is 50.2 Å². The van der Waals surface area contributed by atoms with Crippen molar-refractivity contribution in [3.05, 3.63) is 152 Å². The summed E-state index contributed by atoms with van der Waals surface area (Å²) >= 11 is 0. The second kappa shape index (κ2) is 18.3. The number of pyridine rings is 1. The average Bonchev–Trinajstić information content (AvgIpc) is 3.58. The van der Waals surface area contributed by atoms with E-state index in [1.807, 2.05) is 78.9 Å². The number of aryl methyl sites for hydroxylation is 1. The summed E-state index contributed by atoms with van der Waals surface area (Å²) in [5.41, 5.74) is 0.913. The SMILES string of the molecule is COc1ccc(C(OC[C@H]2O[C@@H](n3cc(C)c(=O)[nH]c3=O)C[C@@H]2O[PH](=O)O[C@H](C)c2cc(OC)ccn2)(c2ccccc2)c2ccc(OC)cc2)cc1.[Os]. The molecule has 0 radical (unpaired) electrons. The Labute approximate surface area is 326 Å². The van der Waals surface area contributed by atoms with E-state index in [4.69, 9.17) is 32.7 Å². The van der Waals surface area contributed by atoms with Crippen LogP contribution in [0.4, 0.5) is 0 Å². The van der Waals surface area contributed by atoms with E-state index in [1.165, 1.54) is 10.8 Å². The van der Waals surface area contributed by atoms with E-state index in [1.54, 1.807) is 53.5 Å². The van der Waals surface area contributed by atoms with Crippen LogP contribution in [0, 0.1) is 6.92 Å². The molecule has 0 bridgehead atoms. The normalized spacial score (nSPS) is 18.0. The Morgan fingerprint density at radius 1 is 0.889 bits per heavy atom. The molecule has 1 saturated heterocycles. The summed E-state index contributed by atoms with van der Waals surface area (Å²) in [6, 6.07) is 28.3. The molecule has 2 aromatic heterocycles. The van der Waals surface area contributed by atoms with E-state index >= 15 is 0 Å². The molecular weight excluding hydrogens is 892 g/mol. The van der Waals surface area contributed by atoms with Crippen LogP contribution in [0.5, 0.6) is 17.2 Å². The van der Waals surface area contributed by atoms with Crippen LogP contribution in [0.1, 0.15) is 53.6 Å². The molecule has 3 aromatic carbocycles. The zero-order valence-electron chi connectivity index (χ0n) is 30.4. The van der Waals surface area contributed by atoms with Crippen LogP contribution in [0.15, 0.2) is 113 Å². The minimum atomic E-state index is -3.16. The molecule has 13 nitrogen and oxygen atoms in total. The predicted molar refractivity (Wildman–Crippen MR) is 197 cm³/mol. The molecule has 286 valence electrons. The summed E-state index contributed by atoms with van der Waals surface area (Å²) in [5.74, 6) is 1.92. The van der Waals surface area contributed by atoms with E-state index in [0.717, 1.165) is 16.7 Å². The zero-order chi connectivity index (χ0) is 37.5. The van der Waals surface area contributed by atoms with Gasteiger partial charge in [0.05, 0.1) is 39.7 Å². The maximum Gasteiger partial charge on any atom is 0.330 e. The van der Waals surface area contributed by atoms with Gasteiger partial charge in [-0.25, -0.2) is 4.79 Å². The first-order chi connectivity index (χ1) is 25.6. The molecule has 0 saturated carbocycles. The van der Waals surface area contributed by atoms with Crippen LogP contribution in [-0.4, -0.2) is 54.7 Å². The molecule has 6 rings (SSSR count). The van der Waals surface area contributed by atoms with Crippen molar-refractivity contribution >= 4 is 8.25 Å². The smallest absolute Gasteiger partial charge is 0.330 e. The maximum absolute atomic E-state index is 13.5. The van der Waals surface area contributed by atoms with Crippen molar-refractivity contribution in [2.24, 2.45) is 0 Å². The number of ether oxygens (including phenoxy) is 5. The first-order valence-electron chi connectivity index (χ1n) is 17.0. The van der Waals surface area contributed by atoms with Crippen LogP contribution < -0.4 is 25.5 Å². The van der Waals surface area contributed by atoms with Crippen molar-refractivity contribution in [1.82, 2.24) is 14.5 Å². The molecular formula is C39H42N3O10OsP. The van der Waals surface area contributed by atoms with Gasteiger partial charge in [0.1, 0.15) is 41.3 Å². The van der Waals surface area contributed by atoms with Crippen molar-refractivity contribution in [2.75, 3.05) is 27.9 Å². The number of hydrogen-bond acceptors (Lipinski definition) is 11. The van der Waals surface area contributed by atoms with Crippen LogP contribution in [-0.2, 0) is 48.5 Å². The summed E-state index contributed by atoms with van der Waals surface area (Å²) < 4.78 is 56.5. The van der Waals surface area contributed by atoms with E-state index in [2.05, 4.69) is 9.97 Å². The minimum absolute atomic E-state index is 0. The Morgan fingerprint density at radius 2 is 1.48 bits per heavy atom. The maximum atomic E-state index is 13.5. The van der Waals surface area contributed by atoms with Gasteiger partial charge in [0.15, 0.2) is 0 Å². The second-order valence-electron chi connectivity index (χ2n) is 12.4. The van der Waals surface area contributed by atoms with Crippen molar-refractivity contribution in [1.29, 1.82) is 0 Å². The third-order valence-electron chi connectivity index (χ3n) is 9.20. The summed E-state index contributed by atoms with van der Waals surface area (Å²) in [6.45, 7) is 3.23. The summed E-state index contributed by atoms with van der Waals surface area (Å²) in [6.07, 6.45) is -0.150. The third-order valence-corrected chi connectivity index (χ3v) is 10.2. The number of benzene rings is 3. The molecule has 1 N–H and O–H groups in total. The Hall–Kier alpha value is -4.40. The van der Waals surface area contributed by atoms with Gasteiger partial charge in [-0.3, -0.25) is 23.9 Å². The fourth-order valence-electron chi connectivity index (χ4n) is 6.36. The molecule has 5 aromatic rings. The third kappa shape index (κ3) is 8.93. The number of H-pyrrole nitrogens is 1. The van der Waals surface area contributed by atoms with Crippen LogP contribution in [0.2, 0.25) is 0 Å². The number of methoxy groups -OCH3 is 3. The Balaban J connectivity index is 0.00000561. The van der Waals surface area contributed by atoms with E-state index < -0.39 is 49.6 Å².